The number of aryl methyl sites for hydroxylation is 1. The number of rotatable bonds is 1. The smallest absolute Gasteiger partial charge is 0.339 e. The van der Waals surface area contributed by atoms with Crippen LogP contribution in [0.2, 0.25) is 0 Å². The van der Waals surface area contributed by atoms with Gasteiger partial charge in [-0.25, -0.2) is 4.79 Å². The first-order chi connectivity index (χ1) is 6.13. The van der Waals surface area contributed by atoms with E-state index < -0.39 is 5.97 Å². The Bertz CT molecular complexity index is 292. The molecule has 0 bridgehead atoms. The molecule has 3 nitrogen and oxygen atoms in total. The number of aromatic hydroxyl groups is 1. The van der Waals surface area contributed by atoms with E-state index >= 15 is 0 Å². The van der Waals surface area contributed by atoms with E-state index in [4.69, 9.17) is 5.11 Å². The Labute approximate surface area is 77.6 Å². The number of phenols is 1. The summed E-state index contributed by atoms with van der Waals surface area (Å²) < 4.78 is 0. The fourth-order valence-corrected chi connectivity index (χ4v) is 0.832. The van der Waals surface area contributed by atoms with Crippen LogP contribution in [-0.4, -0.2) is 16.2 Å². The summed E-state index contributed by atoms with van der Waals surface area (Å²) in [7, 11) is 0. The lowest BCUT2D eigenvalue weighted by Gasteiger charge is -2.00. The normalized spacial score (nSPS) is 8.54. The van der Waals surface area contributed by atoms with Crippen LogP contribution in [0.1, 0.15) is 29.8 Å². The van der Waals surface area contributed by atoms with Crippen molar-refractivity contribution in [2.75, 3.05) is 0 Å². The summed E-state index contributed by atoms with van der Waals surface area (Å²) in [6.07, 6.45) is 0. The molecule has 0 aliphatic carbocycles. The zero-order valence-electron chi connectivity index (χ0n) is 8.03. The molecule has 1 aromatic carbocycles. The first-order valence-electron chi connectivity index (χ1n) is 4.15. The summed E-state index contributed by atoms with van der Waals surface area (Å²) in [5.41, 5.74) is 0.523. The number of hydrogen-bond acceptors (Lipinski definition) is 2. The second-order valence-corrected chi connectivity index (χ2v) is 2.28. The van der Waals surface area contributed by atoms with Crippen molar-refractivity contribution < 1.29 is 15.0 Å². The molecule has 2 N–H and O–H groups in total. The largest absolute Gasteiger partial charge is 0.507 e. The third-order valence-corrected chi connectivity index (χ3v) is 1.47. The van der Waals surface area contributed by atoms with Crippen LogP contribution < -0.4 is 0 Å². The minimum atomic E-state index is -1.11. The average molecular weight is 182 g/mol. The lowest BCUT2D eigenvalue weighted by Crippen LogP contribution is -1.96. The number of carbonyl (C=O) groups is 1. The molecule has 0 amide bonds. The van der Waals surface area contributed by atoms with Crippen LogP contribution in [-0.2, 0) is 0 Å². The van der Waals surface area contributed by atoms with Crippen LogP contribution in [0.5, 0.6) is 5.75 Å². The lowest BCUT2D eigenvalue weighted by atomic mass is 10.1. The lowest BCUT2D eigenvalue weighted by molar-refractivity contribution is 0.0693. The van der Waals surface area contributed by atoms with Gasteiger partial charge < -0.3 is 10.2 Å². The Morgan fingerprint density at radius 1 is 1.31 bits per heavy atom. The van der Waals surface area contributed by atoms with Crippen LogP contribution in [0.4, 0.5) is 0 Å². The van der Waals surface area contributed by atoms with Gasteiger partial charge in [-0.3, -0.25) is 0 Å². The van der Waals surface area contributed by atoms with E-state index in [1.54, 1.807) is 19.1 Å². The Hall–Kier alpha value is -1.51. The van der Waals surface area contributed by atoms with Crippen LogP contribution in [0.3, 0.4) is 0 Å². The molecule has 0 fully saturated rings. The molecule has 0 aromatic heterocycles. The van der Waals surface area contributed by atoms with Crippen molar-refractivity contribution >= 4 is 5.97 Å². The highest BCUT2D eigenvalue weighted by molar-refractivity contribution is 5.91. The Morgan fingerprint density at radius 3 is 2.23 bits per heavy atom. The Morgan fingerprint density at radius 2 is 1.85 bits per heavy atom. The van der Waals surface area contributed by atoms with Gasteiger partial charge in [-0.15, -0.1) is 0 Å². The van der Waals surface area contributed by atoms with Gasteiger partial charge in [0.15, 0.2) is 0 Å². The van der Waals surface area contributed by atoms with E-state index in [9.17, 15) is 9.90 Å². The van der Waals surface area contributed by atoms with Gasteiger partial charge in [0.25, 0.3) is 0 Å². The van der Waals surface area contributed by atoms with Crippen LogP contribution in [0, 0.1) is 6.92 Å². The van der Waals surface area contributed by atoms with Crippen molar-refractivity contribution in [1.29, 1.82) is 0 Å². The summed E-state index contributed by atoms with van der Waals surface area (Å²) in [5.74, 6) is -1.26. The maximum absolute atomic E-state index is 10.4. The van der Waals surface area contributed by atoms with Gasteiger partial charge in [-0.2, -0.15) is 0 Å². The molecule has 13 heavy (non-hydrogen) atoms. The standard InChI is InChI=1S/C8H8O3.C2H6/c1-5-3-2-4-6(7(5)9)8(10)11;1-2/h2-4,9H,1H3,(H,10,11);1-2H3. The average Bonchev–Trinajstić information content (AvgIpc) is 2.13. The van der Waals surface area contributed by atoms with Gasteiger partial charge in [-0.05, 0) is 18.6 Å². The molecule has 0 spiro atoms. The number of carboxylic acid groups (broad SMARTS) is 1. The third-order valence-electron chi connectivity index (χ3n) is 1.47. The molecule has 72 valence electrons. The predicted molar refractivity (Wildman–Crippen MR) is 51.2 cm³/mol. The number of carboxylic acids is 1. The monoisotopic (exact) mass is 182 g/mol. The molecule has 0 heterocycles. The molecular weight excluding hydrogens is 168 g/mol. The first kappa shape index (κ1) is 11.5. The second kappa shape index (κ2) is 5.19. The maximum Gasteiger partial charge on any atom is 0.339 e. The summed E-state index contributed by atoms with van der Waals surface area (Å²) in [5, 5.41) is 17.7. The topological polar surface area (TPSA) is 57.5 Å². The van der Waals surface area contributed by atoms with Gasteiger partial charge in [0.1, 0.15) is 11.3 Å². The molecule has 0 saturated heterocycles. The van der Waals surface area contributed by atoms with Gasteiger partial charge in [0, 0.05) is 0 Å². The summed E-state index contributed by atoms with van der Waals surface area (Å²) in [6.45, 7) is 5.65. The number of benzene rings is 1. The summed E-state index contributed by atoms with van der Waals surface area (Å²) in [6, 6.07) is 4.62. The molecular formula is C10H14O3. The zero-order valence-corrected chi connectivity index (χ0v) is 8.03. The van der Waals surface area contributed by atoms with Gasteiger partial charge in [0.05, 0.1) is 0 Å². The van der Waals surface area contributed by atoms with Crippen molar-refractivity contribution in [3.8, 4) is 5.75 Å². The molecule has 0 aliphatic rings. The van der Waals surface area contributed by atoms with E-state index in [-0.39, 0.29) is 11.3 Å². The molecule has 0 unspecified atom stereocenters. The predicted octanol–water partition coefficient (Wildman–Crippen LogP) is 2.43. The van der Waals surface area contributed by atoms with Crippen molar-refractivity contribution in [3.63, 3.8) is 0 Å². The van der Waals surface area contributed by atoms with E-state index in [0.29, 0.717) is 5.56 Å². The van der Waals surface area contributed by atoms with Crippen molar-refractivity contribution in [3.05, 3.63) is 29.3 Å². The molecule has 1 rings (SSSR count). The van der Waals surface area contributed by atoms with E-state index in [1.165, 1.54) is 6.07 Å². The first-order valence-corrected chi connectivity index (χ1v) is 4.15. The SMILES string of the molecule is CC.Cc1cccc(C(=O)O)c1O. The quantitative estimate of drug-likeness (QED) is 0.701. The fraction of sp³-hybridized carbons (Fsp3) is 0.300. The van der Waals surface area contributed by atoms with Crippen molar-refractivity contribution in [1.82, 2.24) is 0 Å². The highest BCUT2D eigenvalue weighted by Gasteiger charge is 2.09. The molecule has 0 aliphatic heterocycles. The molecule has 3 heteroatoms. The summed E-state index contributed by atoms with van der Waals surface area (Å²) >= 11 is 0. The minimum Gasteiger partial charge on any atom is -0.507 e. The van der Waals surface area contributed by atoms with Crippen LogP contribution in [0.15, 0.2) is 18.2 Å². The Kier molecular flexibility index (Phi) is 4.59. The molecule has 0 atom stereocenters. The van der Waals surface area contributed by atoms with Crippen molar-refractivity contribution in [2.24, 2.45) is 0 Å². The minimum absolute atomic E-state index is 0.0509. The molecule has 0 radical (unpaired) electrons. The van der Waals surface area contributed by atoms with Gasteiger partial charge >= 0.3 is 5.97 Å². The third kappa shape index (κ3) is 2.78. The van der Waals surface area contributed by atoms with E-state index in [1.807, 2.05) is 13.8 Å². The number of aromatic carboxylic acids is 1. The highest BCUT2D eigenvalue weighted by atomic mass is 16.4. The summed E-state index contributed by atoms with van der Waals surface area (Å²) in [4.78, 5) is 10.4. The van der Waals surface area contributed by atoms with E-state index in [2.05, 4.69) is 0 Å². The maximum atomic E-state index is 10.4. The Balaban J connectivity index is 0.000000671. The zero-order chi connectivity index (χ0) is 10.4. The van der Waals surface area contributed by atoms with E-state index in [0.717, 1.165) is 0 Å². The van der Waals surface area contributed by atoms with Gasteiger partial charge in [0.2, 0.25) is 0 Å². The van der Waals surface area contributed by atoms with Crippen molar-refractivity contribution in [2.45, 2.75) is 20.8 Å². The van der Waals surface area contributed by atoms with Crippen LogP contribution in [0.25, 0.3) is 0 Å². The highest BCUT2D eigenvalue weighted by Crippen LogP contribution is 2.20. The fourth-order valence-electron chi connectivity index (χ4n) is 0.832. The van der Waals surface area contributed by atoms with Crippen LogP contribution >= 0.6 is 0 Å². The number of para-hydroxylation sites is 1. The molecule has 1 aromatic rings. The van der Waals surface area contributed by atoms with Gasteiger partial charge in [-0.1, -0.05) is 26.0 Å². The second-order valence-electron chi connectivity index (χ2n) is 2.28. The molecule has 0 saturated carbocycles. The number of hydrogen-bond donors (Lipinski definition) is 2.